The molecule has 0 spiro atoms. The average Bonchev–Trinajstić information content (AvgIpc) is 2.90. The summed E-state index contributed by atoms with van der Waals surface area (Å²) < 4.78 is 6.24. The van der Waals surface area contributed by atoms with Gasteiger partial charge in [-0.1, -0.05) is 110 Å². The lowest BCUT2D eigenvalue weighted by Gasteiger charge is -2.33. The standard InChI is InChI=1S/C36H34BNO/c1-23-19-25(3)35(26(4)20-23)37(36-27(5)21-24(2)22-28(36)6)29-15-17-30(18-16-29)38-31-11-7-9-13-33(31)39-34-14-10-8-12-32(34)38/h7-22H,1-6H3. The van der Waals surface area contributed by atoms with Crippen LogP contribution < -0.4 is 26.0 Å². The van der Waals surface area contributed by atoms with Gasteiger partial charge in [-0.05, 0) is 77.9 Å². The fraction of sp³-hybridized carbons (Fsp3) is 0.167. The summed E-state index contributed by atoms with van der Waals surface area (Å²) in [6, 6.07) is 35.0. The Kier molecular flexibility index (Phi) is 6.31. The van der Waals surface area contributed by atoms with Crippen molar-refractivity contribution < 1.29 is 4.74 Å². The maximum absolute atomic E-state index is 6.24. The van der Waals surface area contributed by atoms with Crippen molar-refractivity contribution in [3.8, 4) is 11.5 Å². The lowest BCUT2D eigenvalue weighted by atomic mass is 9.34. The second-order valence-corrected chi connectivity index (χ2v) is 11.0. The van der Waals surface area contributed by atoms with Crippen LogP contribution in [0.4, 0.5) is 17.1 Å². The summed E-state index contributed by atoms with van der Waals surface area (Å²) in [7, 11) is 0. The minimum Gasteiger partial charge on any atom is -0.453 e. The Hall–Kier alpha value is -4.24. The number of ether oxygens (including phenoxy) is 1. The first kappa shape index (κ1) is 25.1. The molecular formula is C36H34BNO. The number of fused-ring (bicyclic) bond motifs is 2. The monoisotopic (exact) mass is 507 g/mol. The number of hydrogen-bond donors (Lipinski definition) is 0. The molecule has 0 N–H and O–H groups in total. The summed E-state index contributed by atoms with van der Waals surface area (Å²) in [6.07, 6.45) is 0. The molecule has 0 saturated carbocycles. The third-order valence-electron chi connectivity index (χ3n) is 7.97. The van der Waals surface area contributed by atoms with Gasteiger partial charge < -0.3 is 9.64 Å². The lowest BCUT2D eigenvalue weighted by Crippen LogP contribution is -2.55. The Bertz CT molecular complexity index is 1550. The second-order valence-electron chi connectivity index (χ2n) is 11.0. The van der Waals surface area contributed by atoms with Crippen LogP contribution in [0.5, 0.6) is 11.5 Å². The van der Waals surface area contributed by atoms with Crippen LogP contribution >= 0.6 is 0 Å². The number of anilines is 3. The van der Waals surface area contributed by atoms with Crippen molar-refractivity contribution in [3.63, 3.8) is 0 Å². The zero-order valence-corrected chi connectivity index (χ0v) is 23.7. The van der Waals surface area contributed by atoms with Crippen molar-refractivity contribution in [2.75, 3.05) is 4.90 Å². The van der Waals surface area contributed by atoms with Gasteiger partial charge in [0.05, 0.1) is 11.4 Å². The Balaban J connectivity index is 1.52. The SMILES string of the molecule is Cc1cc(C)c(B(c2ccc(N3c4ccccc4Oc4ccccc43)cc2)c2c(C)cc(C)cc2C)c(C)c1. The van der Waals surface area contributed by atoms with Crippen LogP contribution in [0.15, 0.2) is 97.1 Å². The highest BCUT2D eigenvalue weighted by atomic mass is 16.5. The summed E-state index contributed by atoms with van der Waals surface area (Å²) in [6.45, 7) is 13.6. The van der Waals surface area contributed by atoms with Crippen LogP contribution in [0.3, 0.4) is 0 Å². The quantitative estimate of drug-likeness (QED) is 0.228. The van der Waals surface area contributed by atoms with Crippen LogP contribution in [-0.2, 0) is 0 Å². The predicted octanol–water partition coefficient (Wildman–Crippen LogP) is 7.63. The van der Waals surface area contributed by atoms with Crippen LogP contribution in [0, 0.1) is 41.5 Å². The van der Waals surface area contributed by atoms with Gasteiger partial charge in [-0.15, -0.1) is 0 Å². The van der Waals surface area contributed by atoms with Crippen molar-refractivity contribution in [3.05, 3.63) is 130 Å². The fourth-order valence-corrected chi connectivity index (χ4v) is 6.57. The summed E-state index contributed by atoms with van der Waals surface area (Å²) in [4.78, 5) is 2.30. The number of benzene rings is 5. The van der Waals surface area contributed by atoms with Crippen LogP contribution in [0.25, 0.3) is 0 Å². The second kappa shape index (κ2) is 9.82. The Morgan fingerprint density at radius 3 is 1.36 bits per heavy atom. The third kappa shape index (κ3) is 4.42. The summed E-state index contributed by atoms with van der Waals surface area (Å²) in [5.74, 6) is 1.74. The maximum Gasteiger partial charge on any atom is 0.242 e. The van der Waals surface area contributed by atoms with Gasteiger partial charge in [-0.3, -0.25) is 0 Å². The Morgan fingerprint density at radius 2 is 0.923 bits per heavy atom. The molecule has 0 fully saturated rings. The normalized spacial score (nSPS) is 12.0. The lowest BCUT2D eigenvalue weighted by molar-refractivity contribution is 0.477. The summed E-state index contributed by atoms with van der Waals surface area (Å²) in [5.41, 5.74) is 15.3. The van der Waals surface area contributed by atoms with Gasteiger partial charge in [0, 0.05) is 5.69 Å². The molecule has 192 valence electrons. The van der Waals surface area contributed by atoms with E-state index >= 15 is 0 Å². The fourth-order valence-electron chi connectivity index (χ4n) is 6.57. The van der Waals surface area contributed by atoms with E-state index in [2.05, 4.69) is 119 Å². The first-order valence-electron chi connectivity index (χ1n) is 13.7. The molecule has 0 aliphatic carbocycles. The van der Waals surface area contributed by atoms with Crippen molar-refractivity contribution in [1.82, 2.24) is 0 Å². The maximum atomic E-state index is 6.24. The molecule has 2 nitrogen and oxygen atoms in total. The molecule has 0 unspecified atom stereocenters. The van der Waals surface area contributed by atoms with E-state index in [0.717, 1.165) is 28.6 Å². The molecule has 1 aliphatic rings. The van der Waals surface area contributed by atoms with E-state index < -0.39 is 0 Å². The zero-order valence-electron chi connectivity index (χ0n) is 23.7. The smallest absolute Gasteiger partial charge is 0.242 e. The molecule has 0 bridgehead atoms. The largest absolute Gasteiger partial charge is 0.453 e. The van der Waals surface area contributed by atoms with Gasteiger partial charge in [0.2, 0.25) is 6.71 Å². The molecule has 0 amide bonds. The topological polar surface area (TPSA) is 12.5 Å². The first-order valence-corrected chi connectivity index (χ1v) is 13.7. The molecule has 39 heavy (non-hydrogen) atoms. The van der Waals surface area contributed by atoms with Gasteiger partial charge in [0.25, 0.3) is 0 Å². The van der Waals surface area contributed by atoms with Crippen LogP contribution in [-0.4, -0.2) is 6.71 Å². The predicted molar refractivity (Wildman–Crippen MR) is 167 cm³/mol. The molecule has 6 rings (SSSR count). The number of nitrogens with zero attached hydrogens (tertiary/aromatic N) is 1. The zero-order chi connectivity index (χ0) is 27.3. The van der Waals surface area contributed by atoms with Gasteiger partial charge in [0.1, 0.15) is 0 Å². The summed E-state index contributed by atoms with van der Waals surface area (Å²) in [5, 5.41) is 0. The van der Waals surface area contributed by atoms with Gasteiger partial charge in [-0.2, -0.15) is 0 Å². The number of para-hydroxylation sites is 4. The van der Waals surface area contributed by atoms with E-state index in [-0.39, 0.29) is 6.71 Å². The van der Waals surface area contributed by atoms with Crippen molar-refractivity contribution in [2.45, 2.75) is 41.5 Å². The summed E-state index contributed by atoms with van der Waals surface area (Å²) >= 11 is 0. The van der Waals surface area contributed by atoms with Crippen molar-refractivity contribution in [2.24, 2.45) is 0 Å². The highest BCUT2D eigenvalue weighted by Gasteiger charge is 2.30. The molecule has 5 aromatic carbocycles. The molecule has 3 heteroatoms. The molecule has 0 atom stereocenters. The van der Waals surface area contributed by atoms with E-state index in [1.165, 1.54) is 49.8 Å². The highest BCUT2D eigenvalue weighted by molar-refractivity contribution is 6.96. The van der Waals surface area contributed by atoms with Crippen molar-refractivity contribution in [1.29, 1.82) is 0 Å². The van der Waals surface area contributed by atoms with Crippen LogP contribution in [0.1, 0.15) is 33.4 Å². The van der Waals surface area contributed by atoms with E-state index in [9.17, 15) is 0 Å². The first-order chi connectivity index (χ1) is 18.8. The molecule has 1 heterocycles. The minimum atomic E-state index is 0.157. The van der Waals surface area contributed by atoms with E-state index in [1.54, 1.807) is 0 Å². The van der Waals surface area contributed by atoms with Crippen LogP contribution in [0.2, 0.25) is 0 Å². The average molecular weight is 507 g/mol. The molecule has 5 aromatic rings. The molecular weight excluding hydrogens is 473 g/mol. The minimum absolute atomic E-state index is 0.157. The third-order valence-corrected chi connectivity index (χ3v) is 7.97. The highest BCUT2D eigenvalue weighted by Crippen LogP contribution is 2.49. The number of hydrogen-bond acceptors (Lipinski definition) is 2. The molecule has 0 saturated heterocycles. The molecule has 0 aromatic heterocycles. The Labute approximate surface area is 233 Å². The van der Waals surface area contributed by atoms with E-state index in [1.807, 2.05) is 24.3 Å². The van der Waals surface area contributed by atoms with Gasteiger partial charge >= 0.3 is 0 Å². The molecule has 0 radical (unpaired) electrons. The Morgan fingerprint density at radius 1 is 0.513 bits per heavy atom. The number of rotatable bonds is 4. The van der Waals surface area contributed by atoms with E-state index in [0.29, 0.717) is 0 Å². The number of aryl methyl sites for hydroxylation is 6. The molecule has 1 aliphatic heterocycles. The van der Waals surface area contributed by atoms with Crippen molar-refractivity contribution >= 4 is 40.2 Å². The van der Waals surface area contributed by atoms with E-state index in [4.69, 9.17) is 4.74 Å². The van der Waals surface area contributed by atoms with Gasteiger partial charge in [-0.25, -0.2) is 0 Å². The van der Waals surface area contributed by atoms with Gasteiger partial charge in [0.15, 0.2) is 11.5 Å².